The number of hydrogen-bond acceptors (Lipinski definition) is 4. The van der Waals surface area contributed by atoms with Gasteiger partial charge in [0.2, 0.25) is 5.91 Å². The largest absolute Gasteiger partial charge is 0.338 e. The number of pyridine rings is 1. The van der Waals surface area contributed by atoms with Gasteiger partial charge in [0.15, 0.2) is 0 Å². The van der Waals surface area contributed by atoms with Gasteiger partial charge in [-0.1, -0.05) is 30.3 Å². The number of rotatable bonds is 4. The van der Waals surface area contributed by atoms with Crippen molar-refractivity contribution in [1.29, 1.82) is 0 Å². The van der Waals surface area contributed by atoms with E-state index in [0.717, 1.165) is 27.9 Å². The molecule has 0 unspecified atom stereocenters. The highest BCUT2D eigenvalue weighted by Crippen LogP contribution is 2.26. The molecule has 0 atom stereocenters. The lowest BCUT2D eigenvalue weighted by molar-refractivity contribution is -0.129. The number of aryl methyl sites for hydroxylation is 2. The van der Waals surface area contributed by atoms with Crippen molar-refractivity contribution in [2.45, 2.75) is 45.9 Å². The number of nitrogens with one attached hydrogen (secondary N) is 1. The van der Waals surface area contributed by atoms with Crippen molar-refractivity contribution < 1.29 is 9.59 Å². The minimum Gasteiger partial charge on any atom is -0.338 e. The maximum absolute atomic E-state index is 13.5. The molecule has 4 heterocycles. The maximum atomic E-state index is 13.5. The maximum Gasteiger partial charge on any atom is 0.263 e. The molecule has 0 saturated heterocycles. The van der Waals surface area contributed by atoms with E-state index < -0.39 is 0 Å². The fourth-order valence-electron chi connectivity index (χ4n) is 4.63. The molecule has 0 spiro atoms. The minimum atomic E-state index is -0.255. The number of benzene rings is 1. The Morgan fingerprint density at radius 2 is 1.84 bits per heavy atom. The summed E-state index contributed by atoms with van der Waals surface area (Å²) in [7, 11) is 0. The number of nitrogens with zero attached hydrogens (tertiary/aromatic N) is 4. The average molecular weight is 431 g/mol. The summed E-state index contributed by atoms with van der Waals surface area (Å²) in [5.41, 5.74) is 4.67. The summed E-state index contributed by atoms with van der Waals surface area (Å²) in [6, 6.07) is 9.96. The monoisotopic (exact) mass is 431 g/mol. The van der Waals surface area contributed by atoms with Crippen LogP contribution in [0.1, 0.15) is 45.2 Å². The molecule has 1 aromatic carbocycles. The molecule has 1 N–H and O–H groups in total. The first-order valence-corrected chi connectivity index (χ1v) is 10.9. The molecule has 2 amide bonds. The lowest BCUT2D eigenvalue weighted by atomic mass is 9.95. The molecule has 0 bridgehead atoms. The molecule has 8 heteroatoms. The third-order valence-electron chi connectivity index (χ3n) is 6.42. The average Bonchev–Trinajstić information content (AvgIpc) is 3.40. The Bertz CT molecular complexity index is 1220. The van der Waals surface area contributed by atoms with Crippen LogP contribution in [0.15, 0.2) is 47.5 Å². The number of H-pyrrole nitrogens is 1. The van der Waals surface area contributed by atoms with Crippen molar-refractivity contribution in [2.24, 2.45) is 0 Å². The van der Waals surface area contributed by atoms with Crippen LogP contribution in [-0.2, 0) is 43.8 Å². The van der Waals surface area contributed by atoms with Crippen molar-refractivity contribution in [3.05, 3.63) is 86.6 Å². The third-order valence-corrected chi connectivity index (χ3v) is 6.42. The van der Waals surface area contributed by atoms with Crippen LogP contribution in [0.2, 0.25) is 0 Å². The highest BCUT2D eigenvalue weighted by molar-refractivity contribution is 5.96. The first-order chi connectivity index (χ1) is 15.5. The number of aromatic amines is 1. The van der Waals surface area contributed by atoms with Crippen molar-refractivity contribution in [1.82, 2.24) is 24.6 Å². The number of aromatic nitrogens is 3. The molecule has 164 valence electrons. The van der Waals surface area contributed by atoms with Crippen LogP contribution in [0.25, 0.3) is 0 Å². The summed E-state index contributed by atoms with van der Waals surface area (Å²) in [6.07, 6.45) is 4.75. The van der Waals surface area contributed by atoms with Gasteiger partial charge in [-0.05, 0) is 29.5 Å². The Labute approximate surface area is 185 Å². The van der Waals surface area contributed by atoms with Crippen molar-refractivity contribution in [3.8, 4) is 0 Å². The zero-order valence-corrected chi connectivity index (χ0v) is 18.0. The quantitative estimate of drug-likeness (QED) is 0.683. The highest BCUT2D eigenvalue weighted by atomic mass is 16.2. The molecule has 5 rings (SSSR count). The van der Waals surface area contributed by atoms with Crippen LogP contribution in [-0.4, -0.2) is 42.9 Å². The molecular weight excluding hydrogens is 406 g/mol. The molecule has 0 fully saturated rings. The predicted octanol–water partition coefficient (Wildman–Crippen LogP) is 1.87. The summed E-state index contributed by atoms with van der Waals surface area (Å²) in [5, 5.41) is 6.95. The predicted molar refractivity (Wildman–Crippen MR) is 118 cm³/mol. The molecule has 0 saturated carbocycles. The summed E-state index contributed by atoms with van der Waals surface area (Å²) in [4.78, 5) is 42.5. The van der Waals surface area contributed by atoms with Gasteiger partial charge in [0.25, 0.3) is 11.5 Å². The number of hydrogen-bond donors (Lipinski definition) is 1. The SMILES string of the molecule is CC(=O)N1CCc2c(cn(CCc3ccccc3)c(=O)c2C(=O)N2Cc3cn[nH]c3C2)C1. The fraction of sp³-hybridized carbons (Fsp3) is 0.333. The van der Waals surface area contributed by atoms with Gasteiger partial charge < -0.3 is 14.4 Å². The highest BCUT2D eigenvalue weighted by Gasteiger charge is 2.32. The van der Waals surface area contributed by atoms with Gasteiger partial charge in [0, 0.05) is 44.9 Å². The van der Waals surface area contributed by atoms with E-state index in [9.17, 15) is 14.4 Å². The Balaban J connectivity index is 1.51. The van der Waals surface area contributed by atoms with Gasteiger partial charge in [-0.15, -0.1) is 0 Å². The second-order valence-electron chi connectivity index (χ2n) is 8.47. The van der Waals surface area contributed by atoms with Gasteiger partial charge in [-0.2, -0.15) is 5.10 Å². The van der Waals surface area contributed by atoms with E-state index in [2.05, 4.69) is 10.2 Å². The van der Waals surface area contributed by atoms with Gasteiger partial charge in [0.1, 0.15) is 5.56 Å². The van der Waals surface area contributed by atoms with E-state index in [1.807, 2.05) is 36.5 Å². The Morgan fingerprint density at radius 3 is 2.59 bits per heavy atom. The normalized spacial score (nSPS) is 14.9. The minimum absolute atomic E-state index is 0.00362. The lowest BCUT2D eigenvalue weighted by Gasteiger charge is -2.30. The fourth-order valence-corrected chi connectivity index (χ4v) is 4.63. The summed E-state index contributed by atoms with van der Waals surface area (Å²) in [5.74, 6) is -0.253. The summed E-state index contributed by atoms with van der Waals surface area (Å²) in [6.45, 7) is 3.81. The van der Waals surface area contributed by atoms with Crippen LogP contribution in [0.3, 0.4) is 0 Å². The lowest BCUT2D eigenvalue weighted by Crippen LogP contribution is -2.41. The van der Waals surface area contributed by atoms with Gasteiger partial charge in [0.05, 0.1) is 18.4 Å². The Hall–Kier alpha value is -3.68. The molecule has 2 aromatic heterocycles. The molecule has 0 radical (unpaired) electrons. The Morgan fingerprint density at radius 1 is 1.06 bits per heavy atom. The number of carbonyl (C=O) groups excluding carboxylic acids is 2. The van der Waals surface area contributed by atoms with Crippen LogP contribution >= 0.6 is 0 Å². The van der Waals surface area contributed by atoms with E-state index in [0.29, 0.717) is 45.6 Å². The van der Waals surface area contributed by atoms with Gasteiger partial charge in [-0.25, -0.2) is 0 Å². The number of amides is 2. The first kappa shape index (κ1) is 20.2. The van der Waals surface area contributed by atoms with Crippen LogP contribution < -0.4 is 5.56 Å². The van der Waals surface area contributed by atoms with Crippen molar-refractivity contribution >= 4 is 11.8 Å². The van der Waals surface area contributed by atoms with Crippen molar-refractivity contribution in [2.75, 3.05) is 6.54 Å². The summed E-state index contributed by atoms with van der Waals surface area (Å²) < 4.78 is 1.64. The first-order valence-electron chi connectivity index (χ1n) is 10.9. The number of carbonyl (C=O) groups is 2. The van der Waals surface area contributed by atoms with Crippen LogP contribution in [0, 0.1) is 0 Å². The molecule has 8 nitrogen and oxygen atoms in total. The zero-order chi connectivity index (χ0) is 22.2. The summed E-state index contributed by atoms with van der Waals surface area (Å²) >= 11 is 0. The van der Waals surface area contributed by atoms with Crippen molar-refractivity contribution in [3.63, 3.8) is 0 Å². The molecule has 32 heavy (non-hydrogen) atoms. The second-order valence-corrected chi connectivity index (χ2v) is 8.47. The van der Waals surface area contributed by atoms with E-state index in [-0.39, 0.29) is 22.9 Å². The van der Waals surface area contributed by atoms with E-state index in [4.69, 9.17) is 0 Å². The second kappa shape index (κ2) is 8.11. The van der Waals surface area contributed by atoms with Crippen LogP contribution in [0.5, 0.6) is 0 Å². The van der Waals surface area contributed by atoms with E-state index in [1.54, 1.807) is 27.5 Å². The smallest absolute Gasteiger partial charge is 0.263 e. The molecular formula is C24H25N5O3. The zero-order valence-electron chi connectivity index (χ0n) is 18.0. The van der Waals surface area contributed by atoms with Crippen LogP contribution in [0.4, 0.5) is 0 Å². The number of fused-ring (bicyclic) bond motifs is 2. The molecule has 3 aromatic rings. The van der Waals surface area contributed by atoms with E-state index in [1.165, 1.54) is 0 Å². The van der Waals surface area contributed by atoms with Gasteiger partial charge in [-0.3, -0.25) is 19.5 Å². The Kier molecular flexibility index (Phi) is 5.13. The molecule has 0 aliphatic carbocycles. The molecule has 2 aliphatic rings. The van der Waals surface area contributed by atoms with E-state index >= 15 is 0 Å². The molecule has 2 aliphatic heterocycles. The third kappa shape index (κ3) is 3.62. The topological polar surface area (TPSA) is 91.3 Å². The standard InChI is InChI=1S/C24H25N5O3/c1-16(30)27-10-8-20-19(13-27)14-28(9-7-17-5-3-2-4-6-17)23(31)22(20)24(32)29-12-18-11-25-26-21(18)15-29/h2-6,11,14H,7-10,12-13,15H2,1H3,(H,25,26). The van der Waals surface area contributed by atoms with Gasteiger partial charge >= 0.3 is 0 Å².